The average molecular weight is 178 g/mol. The van der Waals surface area contributed by atoms with Gasteiger partial charge in [0.15, 0.2) is 0 Å². The zero-order chi connectivity index (χ0) is 9.44. The number of nitrogens with two attached hydrogens (primary N) is 1. The lowest BCUT2D eigenvalue weighted by Gasteiger charge is -1.84. The van der Waals surface area contributed by atoms with Crippen LogP contribution in [0.25, 0.3) is 0 Å². The Morgan fingerprint density at radius 3 is 1.58 bits per heavy atom. The van der Waals surface area contributed by atoms with Gasteiger partial charge in [-0.15, -0.1) is 0 Å². The SMILES string of the molecule is CC=C(C)C(=O)O.N.NC(=O)O. The lowest BCUT2D eigenvalue weighted by molar-refractivity contribution is -0.132. The van der Waals surface area contributed by atoms with Gasteiger partial charge in [0.25, 0.3) is 0 Å². The van der Waals surface area contributed by atoms with Gasteiger partial charge < -0.3 is 22.1 Å². The molecular weight excluding hydrogens is 164 g/mol. The highest BCUT2D eigenvalue weighted by Crippen LogP contribution is 1.87. The van der Waals surface area contributed by atoms with E-state index in [1.54, 1.807) is 19.9 Å². The van der Waals surface area contributed by atoms with Crippen molar-refractivity contribution in [1.29, 1.82) is 0 Å². The van der Waals surface area contributed by atoms with Crippen molar-refractivity contribution in [2.24, 2.45) is 5.73 Å². The number of hydrogen-bond acceptors (Lipinski definition) is 3. The number of carbonyl (C=O) groups is 2. The van der Waals surface area contributed by atoms with Crippen molar-refractivity contribution in [2.45, 2.75) is 13.8 Å². The molecule has 72 valence electrons. The first-order valence-electron chi connectivity index (χ1n) is 2.76. The van der Waals surface area contributed by atoms with Crippen LogP contribution in [0.2, 0.25) is 0 Å². The number of aliphatic carboxylic acids is 1. The number of allylic oxidation sites excluding steroid dienone is 1. The minimum atomic E-state index is -1.33. The van der Waals surface area contributed by atoms with E-state index in [0.717, 1.165) is 0 Å². The summed E-state index contributed by atoms with van der Waals surface area (Å²) in [5.74, 6) is -0.845. The molecule has 0 bridgehead atoms. The lowest BCUT2D eigenvalue weighted by atomic mass is 10.3. The van der Waals surface area contributed by atoms with Gasteiger partial charge in [-0.2, -0.15) is 0 Å². The Hall–Kier alpha value is -1.56. The molecule has 0 atom stereocenters. The molecule has 0 aromatic heterocycles. The Bertz CT molecular complexity index is 172. The molecule has 0 aliphatic rings. The molecule has 0 heterocycles. The van der Waals surface area contributed by atoms with Crippen molar-refractivity contribution >= 4 is 12.1 Å². The van der Waals surface area contributed by atoms with Gasteiger partial charge in [0.2, 0.25) is 0 Å². The highest BCUT2D eigenvalue weighted by Gasteiger charge is 1.93. The summed E-state index contributed by atoms with van der Waals surface area (Å²) in [6.07, 6.45) is 0.225. The van der Waals surface area contributed by atoms with Gasteiger partial charge in [-0.1, -0.05) is 6.08 Å². The van der Waals surface area contributed by atoms with Crippen LogP contribution >= 0.6 is 0 Å². The standard InChI is InChI=1S/C5H8O2.CH3NO2.H3N/c1-3-4(2)5(6)7;2-1(3)4;/h3H,1-2H3,(H,6,7);2H2,(H,3,4);1H3. The monoisotopic (exact) mass is 178 g/mol. The summed E-state index contributed by atoms with van der Waals surface area (Å²) in [5.41, 5.74) is 4.42. The fourth-order valence-electron chi connectivity index (χ4n) is 0.123. The Morgan fingerprint density at radius 1 is 1.33 bits per heavy atom. The number of hydrogen-bond donors (Lipinski definition) is 4. The molecule has 0 saturated heterocycles. The molecule has 6 nitrogen and oxygen atoms in total. The molecule has 0 aromatic carbocycles. The molecule has 0 spiro atoms. The van der Waals surface area contributed by atoms with Crippen LogP contribution in [-0.2, 0) is 4.79 Å². The van der Waals surface area contributed by atoms with Crippen LogP contribution in [0, 0.1) is 0 Å². The van der Waals surface area contributed by atoms with Crippen molar-refractivity contribution < 1.29 is 19.8 Å². The lowest BCUT2D eigenvalue weighted by Crippen LogP contribution is -2.03. The summed E-state index contributed by atoms with van der Waals surface area (Å²) in [6.45, 7) is 3.26. The molecule has 6 heteroatoms. The first-order chi connectivity index (χ1) is 4.91. The van der Waals surface area contributed by atoms with Crippen molar-refractivity contribution in [3.63, 3.8) is 0 Å². The van der Waals surface area contributed by atoms with Crippen LogP contribution < -0.4 is 11.9 Å². The first-order valence-corrected chi connectivity index (χ1v) is 2.76. The van der Waals surface area contributed by atoms with Crippen LogP contribution in [0.1, 0.15) is 13.8 Å². The fourth-order valence-corrected chi connectivity index (χ4v) is 0.123. The summed E-state index contributed by atoms with van der Waals surface area (Å²) in [6, 6.07) is 0. The number of primary amides is 1. The minimum Gasteiger partial charge on any atom is -0.478 e. The first kappa shape index (κ1) is 16.8. The highest BCUT2D eigenvalue weighted by molar-refractivity contribution is 5.85. The average Bonchev–Trinajstić information content (AvgIpc) is 1.85. The summed E-state index contributed by atoms with van der Waals surface area (Å²) in [5, 5.41) is 15.3. The van der Waals surface area contributed by atoms with E-state index in [1.807, 2.05) is 0 Å². The predicted octanol–water partition coefficient (Wildman–Crippen LogP) is 0.822. The van der Waals surface area contributed by atoms with Crippen molar-refractivity contribution in [3.05, 3.63) is 11.6 Å². The van der Waals surface area contributed by atoms with Crippen molar-refractivity contribution in [2.75, 3.05) is 0 Å². The second-order valence-electron chi connectivity index (χ2n) is 1.62. The summed E-state index contributed by atoms with van der Waals surface area (Å²) < 4.78 is 0. The minimum absolute atomic E-state index is 0. The van der Waals surface area contributed by atoms with Crippen LogP contribution in [0.3, 0.4) is 0 Å². The van der Waals surface area contributed by atoms with Gasteiger partial charge in [0, 0.05) is 5.57 Å². The third-order valence-electron chi connectivity index (χ3n) is 0.770. The van der Waals surface area contributed by atoms with Crippen molar-refractivity contribution in [1.82, 2.24) is 6.15 Å². The van der Waals surface area contributed by atoms with Gasteiger partial charge in [-0.3, -0.25) is 0 Å². The third kappa shape index (κ3) is 23.7. The molecular formula is C6H14N2O4. The van der Waals surface area contributed by atoms with E-state index in [1.165, 1.54) is 0 Å². The van der Waals surface area contributed by atoms with Gasteiger partial charge in [-0.25, -0.2) is 9.59 Å². The van der Waals surface area contributed by atoms with Gasteiger partial charge >= 0.3 is 12.1 Å². The highest BCUT2D eigenvalue weighted by atomic mass is 16.4. The maximum atomic E-state index is 9.86. The Kier molecular flexibility index (Phi) is 13.2. The molecule has 0 rings (SSSR count). The summed E-state index contributed by atoms with van der Waals surface area (Å²) in [7, 11) is 0. The molecule has 0 fully saturated rings. The van der Waals surface area contributed by atoms with Crippen LogP contribution in [-0.4, -0.2) is 22.3 Å². The molecule has 12 heavy (non-hydrogen) atoms. The molecule has 0 saturated carbocycles. The maximum absolute atomic E-state index is 9.86. The molecule has 0 aromatic rings. The van der Waals surface area contributed by atoms with E-state index in [-0.39, 0.29) is 6.15 Å². The zero-order valence-electron chi connectivity index (χ0n) is 7.07. The zero-order valence-corrected chi connectivity index (χ0v) is 7.07. The second kappa shape index (κ2) is 9.44. The quantitative estimate of drug-likeness (QED) is 0.440. The van der Waals surface area contributed by atoms with E-state index < -0.39 is 12.1 Å². The van der Waals surface area contributed by atoms with E-state index in [2.05, 4.69) is 5.73 Å². The molecule has 7 N–H and O–H groups in total. The van der Waals surface area contributed by atoms with Crippen LogP contribution in [0.5, 0.6) is 0 Å². The second-order valence-corrected chi connectivity index (χ2v) is 1.62. The molecule has 0 unspecified atom stereocenters. The van der Waals surface area contributed by atoms with Gasteiger partial charge in [0.1, 0.15) is 0 Å². The Labute approximate surface area is 70.3 Å². The maximum Gasteiger partial charge on any atom is 0.402 e. The number of carboxylic acids is 1. The van der Waals surface area contributed by atoms with E-state index in [0.29, 0.717) is 5.57 Å². The van der Waals surface area contributed by atoms with E-state index >= 15 is 0 Å². The largest absolute Gasteiger partial charge is 0.478 e. The predicted molar refractivity (Wildman–Crippen MR) is 44.3 cm³/mol. The summed E-state index contributed by atoms with van der Waals surface area (Å²) >= 11 is 0. The Morgan fingerprint density at radius 2 is 1.58 bits per heavy atom. The molecule has 0 aliphatic heterocycles. The molecule has 0 radical (unpaired) electrons. The summed E-state index contributed by atoms with van der Waals surface area (Å²) in [4.78, 5) is 18.6. The van der Waals surface area contributed by atoms with Gasteiger partial charge in [0.05, 0.1) is 0 Å². The number of amides is 1. The third-order valence-corrected chi connectivity index (χ3v) is 0.770. The van der Waals surface area contributed by atoms with Gasteiger partial charge in [-0.05, 0) is 13.8 Å². The van der Waals surface area contributed by atoms with Crippen molar-refractivity contribution in [3.8, 4) is 0 Å². The molecule has 0 aliphatic carbocycles. The van der Waals surface area contributed by atoms with E-state index in [9.17, 15) is 4.79 Å². The number of rotatable bonds is 1. The fraction of sp³-hybridized carbons (Fsp3) is 0.333. The topological polar surface area (TPSA) is 136 Å². The van der Waals surface area contributed by atoms with E-state index in [4.69, 9.17) is 15.0 Å². The Balaban J connectivity index is -0.000000142. The smallest absolute Gasteiger partial charge is 0.402 e. The number of carboxylic acid groups (broad SMARTS) is 2. The van der Waals surface area contributed by atoms with Crippen LogP contribution in [0.15, 0.2) is 11.6 Å². The van der Waals surface area contributed by atoms with Crippen LogP contribution in [0.4, 0.5) is 4.79 Å². The molecule has 1 amide bonds. The normalized spacial score (nSPS) is 8.67.